The summed E-state index contributed by atoms with van der Waals surface area (Å²) in [5, 5.41) is 2.26. The monoisotopic (exact) mass is 308 g/mol. The average Bonchev–Trinajstić information content (AvgIpc) is 2.48. The molecule has 19 heavy (non-hydrogen) atoms. The predicted octanol–water partition coefficient (Wildman–Crippen LogP) is 2.99. The third-order valence-electron chi connectivity index (χ3n) is 2.92. The van der Waals surface area contributed by atoms with E-state index in [-0.39, 0.29) is 11.9 Å². The van der Waals surface area contributed by atoms with Crippen LogP contribution in [0.25, 0.3) is 0 Å². The molecule has 6 nitrogen and oxygen atoms in total. The Hall–Kier alpha value is -0.520. The van der Waals surface area contributed by atoms with Crippen molar-refractivity contribution < 1.29 is 18.7 Å². The van der Waals surface area contributed by atoms with Crippen molar-refractivity contribution in [1.82, 2.24) is 9.99 Å². The first-order chi connectivity index (χ1) is 8.69. The van der Waals surface area contributed by atoms with E-state index in [1.807, 2.05) is 13.8 Å². The molecule has 8 heteroatoms. The van der Waals surface area contributed by atoms with Crippen LogP contribution in [0.3, 0.4) is 0 Å². The molecule has 0 bridgehead atoms. The molecule has 110 valence electrons. The second-order valence-electron chi connectivity index (χ2n) is 4.84. The number of rotatable bonds is 6. The summed E-state index contributed by atoms with van der Waals surface area (Å²) in [5.74, 6) is -0.456. The Kier molecular flexibility index (Phi) is 5.09. The molecular formula is C11H21N2O4PS. The zero-order valence-electron chi connectivity index (χ0n) is 11.9. The highest BCUT2D eigenvalue weighted by Gasteiger charge is 2.55. The molecule has 1 heterocycles. The Bertz CT molecular complexity index is 427. The first-order valence-corrected chi connectivity index (χ1v) is 9.34. The molecule has 0 aliphatic carbocycles. The lowest BCUT2D eigenvalue weighted by Crippen LogP contribution is -2.42. The van der Waals surface area contributed by atoms with Gasteiger partial charge >= 0.3 is 12.8 Å². The fourth-order valence-electron chi connectivity index (χ4n) is 1.67. The van der Waals surface area contributed by atoms with Gasteiger partial charge in [0.15, 0.2) is 0 Å². The number of hydrogen-bond donors (Lipinski definition) is 1. The molecule has 2 atom stereocenters. The number of nitrogens with one attached hydrogen (secondary N) is 1. The Balaban J connectivity index is 3.14. The highest BCUT2D eigenvalue weighted by atomic mass is 32.7. The zero-order valence-corrected chi connectivity index (χ0v) is 13.6. The van der Waals surface area contributed by atoms with Crippen molar-refractivity contribution in [3.05, 3.63) is 0 Å². The Labute approximate surface area is 117 Å². The summed E-state index contributed by atoms with van der Waals surface area (Å²) < 4.78 is 19.5. The number of carbonyl (C=O) groups is 2. The van der Waals surface area contributed by atoms with Gasteiger partial charge < -0.3 is 4.52 Å². The lowest BCUT2D eigenvalue weighted by atomic mass is 10.1. The van der Waals surface area contributed by atoms with Crippen molar-refractivity contribution in [3.8, 4) is 0 Å². The maximum atomic E-state index is 13.0. The molecule has 0 aromatic heterocycles. The average molecular weight is 308 g/mol. The van der Waals surface area contributed by atoms with Gasteiger partial charge in [-0.1, -0.05) is 13.8 Å². The topological polar surface area (TPSA) is 75.7 Å². The van der Waals surface area contributed by atoms with Crippen molar-refractivity contribution in [2.24, 2.45) is 0 Å². The Morgan fingerprint density at radius 1 is 1.42 bits per heavy atom. The molecule has 0 saturated carbocycles. The minimum absolute atomic E-state index is 0.0664. The van der Waals surface area contributed by atoms with Crippen molar-refractivity contribution in [2.75, 3.05) is 6.61 Å². The summed E-state index contributed by atoms with van der Waals surface area (Å²) in [5.41, 5.74) is -1.16. The molecule has 0 aromatic carbocycles. The SMILES string of the molecule is CCOP(=O)(SC(C)CC)N1C(=O)NC(=O)C1(C)C. The number of hydrogen-bond acceptors (Lipinski definition) is 5. The van der Waals surface area contributed by atoms with E-state index in [9.17, 15) is 14.2 Å². The quantitative estimate of drug-likeness (QED) is 0.603. The fourth-order valence-corrected chi connectivity index (χ4v) is 7.28. The van der Waals surface area contributed by atoms with E-state index in [1.165, 1.54) is 0 Å². The van der Waals surface area contributed by atoms with Crippen LogP contribution < -0.4 is 5.32 Å². The Morgan fingerprint density at radius 3 is 2.37 bits per heavy atom. The highest BCUT2D eigenvalue weighted by molar-refractivity contribution is 8.56. The lowest BCUT2D eigenvalue weighted by molar-refractivity contribution is -0.124. The van der Waals surface area contributed by atoms with Gasteiger partial charge in [-0.3, -0.25) is 14.7 Å². The minimum Gasteiger partial charge on any atom is -0.306 e. The maximum Gasteiger partial charge on any atom is 0.358 e. The third-order valence-corrected chi connectivity index (χ3v) is 8.32. The van der Waals surface area contributed by atoms with Crippen LogP contribution in [0.2, 0.25) is 0 Å². The van der Waals surface area contributed by atoms with Gasteiger partial charge in [0.05, 0.1) is 6.61 Å². The van der Waals surface area contributed by atoms with Crippen LogP contribution >= 0.6 is 18.1 Å². The number of carbonyl (C=O) groups excluding carboxylic acids is 2. The van der Waals surface area contributed by atoms with Gasteiger partial charge in [-0.15, -0.1) is 0 Å². The molecule has 3 amide bonds. The lowest BCUT2D eigenvalue weighted by Gasteiger charge is -2.34. The van der Waals surface area contributed by atoms with E-state index in [0.29, 0.717) is 0 Å². The van der Waals surface area contributed by atoms with E-state index in [2.05, 4.69) is 5.32 Å². The van der Waals surface area contributed by atoms with Gasteiger partial charge in [-0.2, -0.15) is 0 Å². The molecule has 1 N–H and O–H groups in total. The van der Waals surface area contributed by atoms with E-state index < -0.39 is 24.2 Å². The summed E-state index contributed by atoms with van der Waals surface area (Å²) >= 11 is 1.12. The van der Waals surface area contributed by atoms with Gasteiger partial charge in [0.1, 0.15) is 5.54 Å². The summed E-state index contributed by atoms with van der Waals surface area (Å²) in [4.78, 5) is 23.7. The van der Waals surface area contributed by atoms with Crippen LogP contribution in [0.15, 0.2) is 0 Å². The Morgan fingerprint density at radius 2 is 2.00 bits per heavy atom. The molecule has 0 radical (unpaired) electrons. The van der Waals surface area contributed by atoms with Crippen LogP contribution in [0.4, 0.5) is 4.79 Å². The van der Waals surface area contributed by atoms with E-state index in [4.69, 9.17) is 4.52 Å². The van der Waals surface area contributed by atoms with E-state index >= 15 is 0 Å². The number of imide groups is 1. The molecule has 1 rings (SSSR count). The summed E-state index contributed by atoms with van der Waals surface area (Å²) in [6.45, 7) is 5.51. The number of amides is 3. The van der Waals surface area contributed by atoms with Crippen LogP contribution in [-0.2, 0) is 13.9 Å². The van der Waals surface area contributed by atoms with E-state index in [0.717, 1.165) is 22.5 Å². The molecule has 1 saturated heterocycles. The van der Waals surface area contributed by atoms with Crippen molar-refractivity contribution in [3.63, 3.8) is 0 Å². The molecule has 1 fully saturated rings. The van der Waals surface area contributed by atoms with Crippen LogP contribution in [-0.4, -0.2) is 34.0 Å². The first-order valence-electron chi connectivity index (χ1n) is 6.28. The second kappa shape index (κ2) is 5.85. The maximum absolute atomic E-state index is 13.0. The van der Waals surface area contributed by atoms with Gasteiger partial charge in [0, 0.05) is 5.25 Å². The number of urea groups is 1. The van der Waals surface area contributed by atoms with Crippen molar-refractivity contribution >= 4 is 30.0 Å². The summed E-state index contributed by atoms with van der Waals surface area (Å²) in [7, 11) is 0. The molecular weight excluding hydrogens is 287 g/mol. The summed E-state index contributed by atoms with van der Waals surface area (Å²) in [6, 6.07) is -0.650. The van der Waals surface area contributed by atoms with Crippen LogP contribution in [0.1, 0.15) is 41.0 Å². The second-order valence-corrected chi connectivity index (χ2v) is 9.47. The van der Waals surface area contributed by atoms with Crippen molar-refractivity contribution in [1.29, 1.82) is 0 Å². The predicted molar refractivity (Wildman–Crippen MR) is 76.0 cm³/mol. The smallest absolute Gasteiger partial charge is 0.306 e. The zero-order chi connectivity index (χ0) is 14.8. The minimum atomic E-state index is -3.44. The van der Waals surface area contributed by atoms with Gasteiger partial charge in [0.25, 0.3) is 5.91 Å². The normalized spacial score (nSPS) is 23.1. The molecule has 0 aromatic rings. The largest absolute Gasteiger partial charge is 0.358 e. The molecule has 2 unspecified atom stereocenters. The van der Waals surface area contributed by atoms with E-state index in [1.54, 1.807) is 20.8 Å². The standard InChI is InChI=1S/C11H21N2O4PS/c1-6-8(3)19-18(16,17-7-2)13-10(15)12-9(14)11(13,4)5/h8H,6-7H2,1-5H3,(H,12,14,15). The highest BCUT2D eigenvalue weighted by Crippen LogP contribution is 2.67. The third kappa shape index (κ3) is 3.15. The van der Waals surface area contributed by atoms with Crippen molar-refractivity contribution in [2.45, 2.75) is 51.8 Å². The summed E-state index contributed by atoms with van der Waals surface area (Å²) in [6.07, 6.45) is 0.797. The number of nitrogens with zero attached hydrogens (tertiary/aromatic N) is 1. The molecule has 1 aliphatic heterocycles. The van der Waals surface area contributed by atoms with Gasteiger partial charge in [-0.05, 0) is 38.6 Å². The first kappa shape index (κ1) is 16.5. The molecule has 1 aliphatic rings. The van der Waals surface area contributed by atoms with Crippen LogP contribution in [0.5, 0.6) is 0 Å². The fraction of sp³-hybridized carbons (Fsp3) is 0.818. The molecule has 0 spiro atoms. The van der Waals surface area contributed by atoms with Crippen LogP contribution in [0, 0.1) is 0 Å². The van der Waals surface area contributed by atoms with Gasteiger partial charge in [-0.25, -0.2) is 9.46 Å². The van der Waals surface area contributed by atoms with Gasteiger partial charge in [0.2, 0.25) is 0 Å².